The number of hydrogen-bond donors (Lipinski definition) is 1. The van der Waals surface area contributed by atoms with Gasteiger partial charge in [0, 0.05) is 34.4 Å². The summed E-state index contributed by atoms with van der Waals surface area (Å²) in [5.41, 5.74) is 1.74. The van der Waals surface area contributed by atoms with Gasteiger partial charge in [0.25, 0.3) is 0 Å². The van der Waals surface area contributed by atoms with Crippen molar-refractivity contribution in [2.45, 2.75) is 33.0 Å². The normalized spacial score (nSPS) is 11.2. The minimum absolute atomic E-state index is 0.216. The quantitative estimate of drug-likeness (QED) is 0.913. The summed E-state index contributed by atoms with van der Waals surface area (Å²) in [6.07, 6.45) is 3.75. The summed E-state index contributed by atoms with van der Waals surface area (Å²) in [5, 5.41) is 7.58. The molecule has 5 heteroatoms. The van der Waals surface area contributed by atoms with Gasteiger partial charge in [-0.3, -0.25) is 4.68 Å². The van der Waals surface area contributed by atoms with Crippen LogP contribution in [0.4, 0.5) is 4.39 Å². The van der Waals surface area contributed by atoms with E-state index in [1.54, 1.807) is 10.7 Å². The molecule has 0 radical (unpaired) electrons. The van der Waals surface area contributed by atoms with E-state index < -0.39 is 0 Å². The summed E-state index contributed by atoms with van der Waals surface area (Å²) in [5.74, 6) is -0.216. The predicted octanol–water partition coefficient (Wildman–Crippen LogP) is 3.33. The maximum absolute atomic E-state index is 13.7. The van der Waals surface area contributed by atoms with Gasteiger partial charge in [-0.05, 0) is 12.1 Å². The van der Waals surface area contributed by atoms with Crippen molar-refractivity contribution in [3.05, 3.63) is 52.0 Å². The Labute approximate surface area is 121 Å². The molecule has 1 aromatic heterocycles. The zero-order valence-corrected chi connectivity index (χ0v) is 12.6. The Bertz CT molecular complexity index is 551. The maximum Gasteiger partial charge on any atom is 0.129 e. The van der Waals surface area contributed by atoms with Gasteiger partial charge in [0.05, 0.1) is 12.7 Å². The number of hydrogen-bond acceptors (Lipinski definition) is 2. The Morgan fingerprint density at radius 2 is 2.21 bits per heavy atom. The van der Waals surface area contributed by atoms with Gasteiger partial charge in [0.1, 0.15) is 5.82 Å². The van der Waals surface area contributed by atoms with Crippen molar-refractivity contribution in [1.82, 2.24) is 15.1 Å². The van der Waals surface area contributed by atoms with Gasteiger partial charge in [-0.2, -0.15) is 5.10 Å². The van der Waals surface area contributed by atoms with Crippen molar-refractivity contribution >= 4 is 15.9 Å². The molecule has 0 spiro atoms. The largest absolute Gasteiger partial charge is 0.310 e. The molecule has 1 aromatic carbocycles. The molecular weight excluding hydrogens is 309 g/mol. The SMILES string of the molecule is CC(C)NCc1cnn(Cc2ccc(Br)cc2F)c1. The first-order chi connectivity index (χ1) is 9.04. The summed E-state index contributed by atoms with van der Waals surface area (Å²) in [7, 11) is 0. The third-order valence-corrected chi connectivity index (χ3v) is 3.24. The van der Waals surface area contributed by atoms with Crippen LogP contribution in [-0.2, 0) is 13.1 Å². The van der Waals surface area contributed by atoms with Crippen LogP contribution < -0.4 is 5.32 Å². The van der Waals surface area contributed by atoms with Crippen LogP contribution in [0.3, 0.4) is 0 Å². The van der Waals surface area contributed by atoms with Crippen molar-refractivity contribution in [2.75, 3.05) is 0 Å². The molecule has 0 aliphatic rings. The van der Waals surface area contributed by atoms with Gasteiger partial charge in [0.2, 0.25) is 0 Å². The third-order valence-electron chi connectivity index (χ3n) is 2.75. The second-order valence-electron chi connectivity index (χ2n) is 4.82. The fourth-order valence-corrected chi connectivity index (χ4v) is 2.06. The van der Waals surface area contributed by atoms with E-state index in [1.165, 1.54) is 6.07 Å². The van der Waals surface area contributed by atoms with Crippen LogP contribution in [0.1, 0.15) is 25.0 Å². The monoisotopic (exact) mass is 325 g/mol. The Kier molecular flexibility index (Phi) is 4.71. The first-order valence-electron chi connectivity index (χ1n) is 6.23. The lowest BCUT2D eigenvalue weighted by molar-refractivity contribution is 0.581. The zero-order chi connectivity index (χ0) is 13.8. The van der Waals surface area contributed by atoms with Gasteiger partial charge < -0.3 is 5.32 Å². The standard InChI is InChI=1S/C14H17BrFN3/c1-10(2)17-6-11-7-18-19(8-11)9-12-3-4-13(15)5-14(12)16/h3-5,7-8,10,17H,6,9H2,1-2H3. The highest BCUT2D eigenvalue weighted by molar-refractivity contribution is 9.10. The molecule has 0 unspecified atom stereocenters. The number of nitrogens with one attached hydrogen (secondary N) is 1. The molecule has 0 amide bonds. The fourth-order valence-electron chi connectivity index (χ4n) is 1.73. The van der Waals surface area contributed by atoms with Crippen molar-refractivity contribution < 1.29 is 4.39 Å². The number of rotatable bonds is 5. The molecular formula is C14H17BrFN3. The molecule has 0 bridgehead atoms. The lowest BCUT2D eigenvalue weighted by Crippen LogP contribution is -2.21. The van der Waals surface area contributed by atoms with E-state index >= 15 is 0 Å². The van der Waals surface area contributed by atoms with E-state index in [9.17, 15) is 4.39 Å². The molecule has 2 rings (SSSR count). The minimum atomic E-state index is -0.216. The molecule has 2 aromatic rings. The molecule has 0 aliphatic carbocycles. The molecule has 3 nitrogen and oxygen atoms in total. The molecule has 0 saturated heterocycles. The Morgan fingerprint density at radius 3 is 2.89 bits per heavy atom. The van der Waals surface area contributed by atoms with Gasteiger partial charge in [-0.25, -0.2) is 4.39 Å². The van der Waals surface area contributed by atoms with Crippen molar-refractivity contribution in [3.8, 4) is 0 Å². The summed E-state index contributed by atoms with van der Waals surface area (Å²) in [6, 6.07) is 5.52. The number of nitrogens with zero attached hydrogens (tertiary/aromatic N) is 2. The van der Waals surface area contributed by atoms with E-state index in [0.29, 0.717) is 18.2 Å². The highest BCUT2D eigenvalue weighted by Crippen LogP contribution is 2.16. The number of aromatic nitrogens is 2. The van der Waals surface area contributed by atoms with E-state index in [-0.39, 0.29) is 5.82 Å². The third kappa shape index (κ3) is 4.14. The van der Waals surface area contributed by atoms with Gasteiger partial charge in [0.15, 0.2) is 0 Å². The van der Waals surface area contributed by atoms with Gasteiger partial charge in [-0.1, -0.05) is 35.8 Å². The zero-order valence-electron chi connectivity index (χ0n) is 11.0. The number of halogens is 2. The summed E-state index contributed by atoms with van der Waals surface area (Å²) < 4.78 is 16.2. The molecule has 0 aliphatic heterocycles. The average molecular weight is 326 g/mol. The predicted molar refractivity (Wildman–Crippen MR) is 77.4 cm³/mol. The van der Waals surface area contributed by atoms with Gasteiger partial charge in [-0.15, -0.1) is 0 Å². The highest BCUT2D eigenvalue weighted by atomic mass is 79.9. The molecule has 1 heterocycles. The van der Waals surface area contributed by atoms with Crippen LogP contribution in [0.5, 0.6) is 0 Å². The van der Waals surface area contributed by atoms with Crippen LogP contribution in [0.25, 0.3) is 0 Å². The Morgan fingerprint density at radius 1 is 1.42 bits per heavy atom. The topological polar surface area (TPSA) is 29.9 Å². The van der Waals surface area contributed by atoms with Crippen molar-refractivity contribution in [2.24, 2.45) is 0 Å². The highest BCUT2D eigenvalue weighted by Gasteiger charge is 2.05. The molecule has 19 heavy (non-hydrogen) atoms. The summed E-state index contributed by atoms with van der Waals surface area (Å²) in [6.45, 7) is 5.42. The molecule has 0 saturated carbocycles. The maximum atomic E-state index is 13.7. The minimum Gasteiger partial charge on any atom is -0.310 e. The first kappa shape index (κ1) is 14.2. The van der Waals surface area contributed by atoms with E-state index in [4.69, 9.17) is 0 Å². The second-order valence-corrected chi connectivity index (χ2v) is 5.73. The van der Waals surface area contributed by atoms with Crippen molar-refractivity contribution in [1.29, 1.82) is 0 Å². The van der Waals surface area contributed by atoms with E-state index in [2.05, 4.69) is 40.2 Å². The second kappa shape index (κ2) is 6.30. The van der Waals surface area contributed by atoms with Crippen LogP contribution in [-0.4, -0.2) is 15.8 Å². The summed E-state index contributed by atoms with van der Waals surface area (Å²) in [4.78, 5) is 0. The van der Waals surface area contributed by atoms with E-state index in [1.807, 2.05) is 18.5 Å². The van der Waals surface area contributed by atoms with Crippen LogP contribution >= 0.6 is 15.9 Å². The first-order valence-corrected chi connectivity index (χ1v) is 7.02. The molecule has 0 atom stereocenters. The van der Waals surface area contributed by atoms with Crippen LogP contribution in [0, 0.1) is 5.82 Å². The lowest BCUT2D eigenvalue weighted by atomic mass is 10.2. The average Bonchev–Trinajstić information content (AvgIpc) is 2.78. The summed E-state index contributed by atoms with van der Waals surface area (Å²) >= 11 is 3.25. The molecule has 1 N–H and O–H groups in total. The molecule has 0 fully saturated rings. The fraction of sp³-hybridized carbons (Fsp3) is 0.357. The van der Waals surface area contributed by atoms with Crippen LogP contribution in [0.15, 0.2) is 35.1 Å². The van der Waals surface area contributed by atoms with Crippen LogP contribution in [0.2, 0.25) is 0 Å². The Hall–Kier alpha value is -1.20. The van der Waals surface area contributed by atoms with E-state index in [0.717, 1.165) is 16.6 Å². The lowest BCUT2D eigenvalue weighted by Gasteiger charge is -2.06. The Balaban J connectivity index is 2.03. The van der Waals surface area contributed by atoms with Gasteiger partial charge >= 0.3 is 0 Å². The number of benzene rings is 1. The van der Waals surface area contributed by atoms with Crippen molar-refractivity contribution in [3.63, 3.8) is 0 Å². The smallest absolute Gasteiger partial charge is 0.129 e. The molecule has 102 valence electrons.